The number of aromatic amines is 2. The average Bonchev–Trinajstić information content (AvgIpc) is 3.99. The molecule has 2 aliphatic rings. The van der Waals surface area contributed by atoms with Crippen LogP contribution in [0.1, 0.15) is 77.6 Å². The molecule has 2 fully saturated rings. The van der Waals surface area contributed by atoms with E-state index in [2.05, 4.69) is 81.0 Å². The Labute approximate surface area is 310 Å². The minimum atomic E-state index is -0.684. The molecule has 4 N–H and O–H groups in total. The van der Waals surface area contributed by atoms with Crippen LogP contribution in [0.4, 0.5) is 4.79 Å². The van der Waals surface area contributed by atoms with E-state index in [1.807, 2.05) is 43.7 Å². The van der Waals surface area contributed by atoms with Crippen molar-refractivity contribution in [2.24, 2.45) is 17.8 Å². The first-order valence-corrected chi connectivity index (χ1v) is 18.4. The molecule has 4 aromatic rings. The van der Waals surface area contributed by atoms with Crippen LogP contribution >= 0.6 is 0 Å². The molecule has 0 radical (unpaired) electrons. The molecule has 2 aliphatic heterocycles. The minimum absolute atomic E-state index is 0.0288. The van der Waals surface area contributed by atoms with Gasteiger partial charge in [-0.25, -0.2) is 14.8 Å². The van der Waals surface area contributed by atoms with Crippen molar-refractivity contribution >= 4 is 24.3 Å². The molecule has 2 aromatic heterocycles. The highest BCUT2D eigenvalue weighted by molar-refractivity contribution is 5.86. The third-order valence-electron chi connectivity index (χ3n) is 10.4. The molecule has 2 unspecified atom stereocenters. The molecule has 13 nitrogen and oxygen atoms in total. The fourth-order valence-electron chi connectivity index (χ4n) is 7.53. The van der Waals surface area contributed by atoms with Gasteiger partial charge in [0.25, 0.3) is 0 Å². The lowest BCUT2D eigenvalue weighted by molar-refractivity contribution is -0.137. The highest BCUT2D eigenvalue weighted by Gasteiger charge is 2.40. The standard InChI is InChI=1S/C40H50N8O5/c1-23(2)34(43-22-49)38(50)48-21-25(5)18-33(48)37-42-20-31(45-37)29-15-11-27(12-16-29)26-9-13-28(14-10-26)30-19-41-36(44-30)32-8-7-17-47(32)39(51)35(24(3)4)46-40(52)53-6/h9-16,19-20,22-25,32-35H,7-8,17-18,21H2,1-6H3,(H,41,44)(H,42,45)(H,43,49)(H,46,52)/t25-,32+,33+,34?,35?/m1/s1. The second-order valence-corrected chi connectivity index (χ2v) is 14.9. The summed E-state index contributed by atoms with van der Waals surface area (Å²) in [6, 6.07) is 14.9. The van der Waals surface area contributed by atoms with Gasteiger partial charge in [0.05, 0.1) is 43.0 Å². The number of imidazole rings is 2. The summed E-state index contributed by atoms with van der Waals surface area (Å²) in [5, 5.41) is 5.40. The summed E-state index contributed by atoms with van der Waals surface area (Å²) in [5.41, 5.74) is 5.83. The van der Waals surface area contributed by atoms with Crippen LogP contribution in [0.15, 0.2) is 60.9 Å². The Balaban J connectivity index is 1.12. The Morgan fingerprint density at radius 3 is 1.81 bits per heavy atom. The molecule has 6 rings (SSSR count). The van der Waals surface area contributed by atoms with E-state index in [4.69, 9.17) is 9.72 Å². The van der Waals surface area contributed by atoms with Crippen LogP contribution in [0.5, 0.6) is 0 Å². The number of hydrogen-bond donors (Lipinski definition) is 4. The first kappa shape index (κ1) is 37.3. The fourth-order valence-corrected chi connectivity index (χ4v) is 7.53. The van der Waals surface area contributed by atoms with Crippen LogP contribution in [-0.2, 0) is 19.1 Å². The number of methoxy groups -OCH3 is 1. The summed E-state index contributed by atoms with van der Waals surface area (Å²) < 4.78 is 4.75. The molecule has 13 heteroatoms. The molecule has 280 valence electrons. The average molecular weight is 723 g/mol. The largest absolute Gasteiger partial charge is 0.453 e. The van der Waals surface area contributed by atoms with Crippen molar-refractivity contribution in [1.29, 1.82) is 0 Å². The van der Waals surface area contributed by atoms with Crippen molar-refractivity contribution in [3.05, 3.63) is 72.6 Å². The minimum Gasteiger partial charge on any atom is -0.453 e. The normalized spacial score (nSPS) is 19.7. The summed E-state index contributed by atoms with van der Waals surface area (Å²) in [6.07, 6.45) is 6.03. The van der Waals surface area contributed by atoms with Gasteiger partial charge in [-0.2, -0.15) is 0 Å². The highest BCUT2D eigenvalue weighted by atomic mass is 16.5. The van der Waals surface area contributed by atoms with E-state index in [0.717, 1.165) is 64.6 Å². The summed E-state index contributed by atoms with van der Waals surface area (Å²) in [6.45, 7) is 11.0. The van der Waals surface area contributed by atoms with Crippen molar-refractivity contribution in [3.63, 3.8) is 0 Å². The van der Waals surface area contributed by atoms with Crippen molar-refractivity contribution in [2.75, 3.05) is 20.2 Å². The number of likely N-dealkylation sites (tertiary alicyclic amines) is 2. The molecule has 4 amide bonds. The van der Waals surface area contributed by atoms with Crippen molar-refractivity contribution in [2.45, 2.75) is 78.0 Å². The Morgan fingerprint density at radius 1 is 0.792 bits per heavy atom. The molecule has 2 aromatic carbocycles. The third-order valence-corrected chi connectivity index (χ3v) is 10.4. The van der Waals surface area contributed by atoms with Gasteiger partial charge in [-0.3, -0.25) is 14.4 Å². The van der Waals surface area contributed by atoms with E-state index in [9.17, 15) is 19.2 Å². The topological polar surface area (TPSA) is 165 Å². The van der Waals surface area contributed by atoms with Gasteiger partial charge in [0, 0.05) is 13.1 Å². The van der Waals surface area contributed by atoms with Crippen LogP contribution < -0.4 is 10.6 Å². The van der Waals surface area contributed by atoms with Gasteiger partial charge < -0.3 is 35.1 Å². The maximum atomic E-state index is 13.5. The number of aromatic nitrogens is 4. The molecule has 4 heterocycles. The lowest BCUT2D eigenvalue weighted by Crippen LogP contribution is -2.51. The Bertz CT molecular complexity index is 1900. The number of amides is 4. The van der Waals surface area contributed by atoms with E-state index in [1.54, 1.807) is 6.20 Å². The number of nitrogens with zero attached hydrogens (tertiary/aromatic N) is 4. The van der Waals surface area contributed by atoms with Crippen molar-refractivity contribution < 1.29 is 23.9 Å². The Hall–Kier alpha value is -5.46. The predicted molar refractivity (Wildman–Crippen MR) is 201 cm³/mol. The van der Waals surface area contributed by atoms with Gasteiger partial charge in [-0.05, 0) is 59.3 Å². The van der Waals surface area contributed by atoms with Crippen LogP contribution in [0.2, 0.25) is 0 Å². The molecule has 0 saturated carbocycles. The zero-order valence-corrected chi connectivity index (χ0v) is 31.3. The summed E-state index contributed by atoms with van der Waals surface area (Å²) in [5.74, 6) is 1.44. The second-order valence-electron chi connectivity index (χ2n) is 14.9. The molecular weight excluding hydrogens is 672 g/mol. The van der Waals surface area contributed by atoms with Gasteiger partial charge in [0.15, 0.2) is 0 Å². The number of carbonyl (C=O) groups is 4. The third kappa shape index (κ3) is 7.98. The zero-order chi connectivity index (χ0) is 37.8. The maximum absolute atomic E-state index is 13.5. The van der Waals surface area contributed by atoms with Crippen molar-refractivity contribution in [3.8, 4) is 33.6 Å². The van der Waals surface area contributed by atoms with Gasteiger partial charge in [0.1, 0.15) is 23.7 Å². The van der Waals surface area contributed by atoms with Crippen LogP contribution in [0.3, 0.4) is 0 Å². The molecule has 0 bridgehead atoms. The summed E-state index contributed by atoms with van der Waals surface area (Å²) in [7, 11) is 1.29. The van der Waals surface area contributed by atoms with Crippen molar-refractivity contribution in [1.82, 2.24) is 40.4 Å². The number of benzene rings is 2. The molecule has 5 atom stereocenters. The molecule has 0 spiro atoms. The number of rotatable bonds is 12. The quantitative estimate of drug-likeness (QED) is 0.133. The monoisotopic (exact) mass is 722 g/mol. The molecular formula is C40H50N8O5. The first-order valence-electron chi connectivity index (χ1n) is 18.4. The lowest BCUT2D eigenvalue weighted by Gasteiger charge is -2.30. The number of carbonyl (C=O) groups excluding carboxylic acids is 4. The first-order chi connectivity index (χ1) is 25.5. The highest BCUT2D eigenvalue weighted by Crippen LogP contribution is 2.37. The number of hydrogen-bond acceptors (Lipinski definition) is 7. The Morgan fingerprint density at radius 2 is 1.30 bits per heavy atom. The number of alkyl carbamates (subject to hydrolysis) is 1. The van der Waals surface area contributed by atoms with E-state index >= 15 is 0 Å². The van der Waals surface area contributed by atoms with Gasteiger partial charge in [-0.15, -0.1) is 0 Å². The van der Waals surface area contributed by atoms with Crippen LogP contribution in [0.25, 0.3) is 33.6 Å². The Kier molecular flexibility index (Phi) is 11.3. The summed E-state index contributed by atoms with van der Waals surface area (Å²) in [4.78, 5) is 70.0. The SMILES string of the molecule is COC(=O)NC(C(=O)N1CCC[C@H]1c1ncc(-c2ccc(-c3ccc(-c4cnc([C@@H]5C[C@@H](C)CN5C(=O)C(NC=O)C(C)C)[nH]4)cc3)cc2)[nH]1)C(C)C. The fraction of sp³-hybridized carbons (Fsp3) is 0.450. The van der Waals surface area contributed by atoms with Gasteiger partial charge in [-0.1, -0.05) is 83.1 Å². The molecule has 0 aliphatic carbocycles. The van der Waals surface area contributed by atoms with Gasteiger partial charge >= 0.3 is 6.09 Å². The predicted octanol–water partition coefficient (Wildman–Crippen LogP) is 5.86. The second kappa shape index (κ2) is 16.1. The van der Waals surface area contributed by atoms with E-state index in [-0.39, 0.29) is 35.7 Å². The number of nitrogens with one attached hydrogen (secondary N) is 4. The molecule has 2 saturated heterocycles. The number of ether oxygens (including phenoxy) is 1. The smallest absolute Gasteiger partial charge is 0.407 e. The van der Waals surface area contributed by atoms with Crippen LogP contribution in [0, 0.1) is 17.8 Å². The molecule has 53 heavy (non-hydrogen) atoms. The maximum Gasteiger partial charge on any atom is 0.407 e. The number of H-pyrrole nitrogens is 2. The van der Waals surface area contributed by atoms with E-state index in [1.165, 1.54) is 7.11 Å². The van der Waals surface area contributed by atoms with E-state index < -0.39 is 18.2 Å². The van der Waals surface area contributed by atoms with Crippen LogP contribution in [-0.4, -0.2) is 86.3 Å². The summed E-state index contributed by atoms with van der Waals surface area (Å²) >= 11 is 0. The zero-order valence-electron chi connectivity index (χ0n) is 31.3. The van der Waals surface area contributed by atoms with E-state index in [0.29, 0.717) is 25.4 Å². The van der Waals surface area contributed by atoms with Gasteiger partial charge in [0.2, 0.25) is 18.2 Å². The lowest BCUT2D eigenvalue weighted by atomic mass is 10.0.